The van der Waals surface area contributed by atoms with Gasteiger partial charge in [-0.1, -0.05) is 48.8 Å². The third-order valence-electron chi connectivity index (χ3n) is 2.94. The molecule has 0 aliphatic rings. The molecule has 2 N–H and O–H groups in total. The summed E-state index contributed by atoms with van der Waals surface area (Å²) in [4.78, 5) is 2.14. The van der Waals surface area contributed by atoms with Crippen molar-refractivity contribution < 1.29 is 16.5 Å². The molecule has 1 rings (SSSR count). The average Bonchev–Trinajstić information content (AvgIpc) is 2.36. The number of hydrogen-bond donors (Lipinski definition) is 5. The third-order valence-corrected chi connectivity index (χ3v) is 3.75. The Hall–Kier alpha value is 0.434. The molecule has 0 atom stereocenters. The van der Waals surface area contributed by atoms with Crippen molar-refractivity contribution in [3.05, 3.63) is 24.3 Å². The van der Waals surface area contributed by atoms with Gasteiger partial charge >= 0.3 is 0 Å². The van der Waals surface area contributed by atoms with Crippen LogP contribution in [-0.4, -0.2) is 28.9 Å². The number of thiol groups is 3. The van der Waals surface area contributed by atoms with Crippen molar-refractivity contribution in [1.82, 2.24) is 4.90 Å². The fraction of sp³-hybridized carbons (Fsp3) is 0.471. The zero-order chi connectivity index (χ0) is 20.7. The van der Waals surface area contributed by atoms with Gasteiger partial charge in [-0.05, 0) is 53.7 Å². The van der Waals surface area contributed by atoms with E-state index in [1.807, 2.05) is 24.3 Å². The molecular formula is C17H27N3NiS6. The van der Waals surface area contributed by atoms with Gasteiger partial charge in [0.2, 0.25) is 0 Å². The second-order valence-electron chi connectivity index (χ2n) is 7.37. The van der Waals surface area contributed by atoms with E-state index in [4.69, 9.17) is 36.7 Å². The van der Waals surface area contributed by atoms with E-state index >= 15 is 0 Å². The maximum Gasteiger partial charge on any atom is 0.135 e. The number of thiocarbonyl (C=S) groups is 3. The summed E-state index contributed by atoms with van der Waals surface area (Å²) in [5.74, 6) is 0. The van der Waals surface area contributed by atoms with Crippen LogP contribution >= 0.6 is 74.5 Å². The Kier molecular flexibility index (Phi) is 14.1. The maximum absolute atomic E-state index is 5.10. The molecule has 0 aliphatic carbocycles. The van der Waals surface area contributed by atoms with Gasteiger partial charge in [0.1, 0.15) is 13.0 Å². The summed E-state index contributed by atoms with van der Waals surface area (Å²) < 4.78 is 1.48. The van der Waals surface area contributed by atoms with Crippen LogP contribution in [-0.2, 0) is 16.5 Å². The van der Waals surface area contributed by atoms with Crippen molar-refractivity contribution in [2.45, 2.75) is 52.6 Å². The van der Waals surface area contributed by atoms with Gasteiger partial charge in [0.25, 0.3) is 0 Å². The molecule has 156 valence electrons. The summed E-state index contributed by atoms with van der Waals surface area (Å²) in [6.07, 6.45) is 0. The van der Waals surface area contributed by atoms with Gasteiger partial charge in [0.15, 0.2) is 0 Å². The standard InChI is InChI=1S/C9H19NS2.C8H8N2S4.Ni/c1-8(2,3)10(7(11)12)9(4,5)6;11-7(12)9-5-3-1-2-4-6(5)10-8(13)14;/h1-6H3,(H,11,12);1-4H,(H2,9,11,12)(H2,10,13,14);. The first kappa shape index (κ1) is 29.6. The Morgan fingerprint density at radius 1 is 0.778 bits per heavy atom. The molecule has 0 saturated heterocycles. The summed E-state index contributed by atoms with van der Waals surface area (Å²) >= 11 is 27.0. The van der Waals surface area contributed by atoms with Crippen LogP contribution in [0.4, 0.5) is 11.4 Å². The van der Waals surface area contributed by atoms with Crippen molar-refractivity contribution in [3.8, 4) is 0 Å². The van der Waals surface area contributed by atoms with Crippen molar-refractivity contribution in [2.75, 3.05) is 10.6 Å². The molecule has 10 heteroatoms. The average molecular weight is 525 g/mol. The fourth-order valence-corrected chi connectivity index (χ4v) is 4.12. The van der Waals surface area contributed by atoms with Crippen LogP contribution in [0.2, 0.25) is 0 Å². The largest absolute Gasteiger partial charge is 0.348 e. The predicted molar refractivity (Wildman–Crippen MR) is 140 cm³/mol. The number of para-hydroxylation sites is 2. The predicted octanol–water partition coefficient (Wildman–Crippen LogP) is 6.04. The molecular weight excluding hydrogens is 497 g/mol. The number of hydrogen-bond acceptors (Lipinski definition) is 3. The SMILES string of the molecule is CC(C)(C)N(C(=S)S)C(C)(C)C.S=C(S)Nc1ccccc1NC(=S)S.[Ni]. The molecule has 3 nitrogen and oxygen atoms in total. The van der Waals surface area contributed by atoms with Gasteiger partial charge < -0.3 is 15.5 Å². The Morgan fingerprint density at radius 2 is 1.07 bits per heavy atom. The Morgan fingerprint density at radius 3 is 1.22 bits per heavy atom. The molecule has 1 aromatic carbocycles. The normalized spacial score (nSPS) is 10.6. The van der Waals surface area contributed by atoms with E-state index < -0.39 is 0 Å². The molecule has 0 aliphatic heterocycles. The number of rotatable bonds is 2. The second-order valence-corrected chi connectivity index (χ2v) is 10.8. The van der Waals surface area contributed by atoms with Crippen LogP contribution in [0.15, 0.2) is 24.3 Å². The van der Waals surface area contributed by atoms with Crippen LogP contribution in [0.5, 0.6) is 0 Å². The minimum absolute atomic E-state index is 0. The van der Waals surface area contributed by atoms with Crippen LogP contribution in [0.25, 0.3) is 0 Å². The molecule has 0 amide bonds. The van der Waals surface area contributed by atoms with Crippen molar-refractivity contribution in [3.63, 3.8) is 0 Å². The fourth-order valence-electron chi connectivity index (χ4n) is 2.51. The van der Waals surface area contributed by atoms with E-state index in [2.05, 4.69) is 95.0 Å². The first-order valence-corrected chi connectivity index (χ1v) is 10.3. The smallest absolute Gasteiger partial charge is 0.135 e. The van der Waals surface area contributed by atoms with E-state index in [9.17, 15) is 0 Å². The van der Waals surface area contributed by atoms with Gasteiger partial charge in [-0.25, -0.2) is 0 Å². The van der Waals surface area contributed by atoms with E-state index in [0.717, 1.165) is 11.4 Å². The van der Waals surface area contributed by atoms with Gasteiger partial charge in [0, 0.05) is 27.6 Å². The topological polar surface area (TPSA) is 27.3 Å². The van der Waals surface area contributed by atoms with Gasteiger partial charge in [-0.2, -0.15) is 0 Å². The van der Waals surface area contributed by atoms with Crippen molar-refractivity contribution in [2.24, 2.45) is 0 Å². The first-order chi connectivity index (χ1) is 11.7. The number of anilines is 2. The van der Waals surface area contributed by atoms with Crippen molar-refractivity contribution >= 4 is 98.9 Å². The quantitative estimate of drug-likeness (QED) is 0.184. The maximum atomic E-state index is 5.10. The Bertz CT molecular complexity index is 604. The van der Waals surface area contributed by atoms with E-state index in [-0.39, 0.29) is 27.6 Å². The summed E-state index contributed by atoms with van der Waals surface area (Å²) in [5, 5.41) is 5.84. The van der Waals surface area contributed by atoms with Crippen LogP contribution in [0.3, 0.4) is 0 Å². The zero-order valence-electron chi connectivity index (χ0n) is 16.1. The minimum Gasteiger partial charge on any atom is -0.348 e. The van der Waals surface area contributed by atoms with E-state index in [0.29, 0.717) is 13.0 Å². The molecule has 0 fully saturated rings. The third kappa shape index (κ3) is 12.6. The second kappa shape index (κ2) is 12.9. The van der Waals surface area contributed by atoms with Gasteiger partial charge in [0.05, 0.1) is 11.4 Å². The van der Waals surface area contributed by atoms with E-state index in [1.54, 1.807) is 0 Å². The molecule has 1 aromatic rings. The molecule has 0 unspecified atom stereocenters. The first-order valence-electron chi connectivity index (χ1n) is 7.78. The van der Waals surface area contributed by atoms with Crippen LogP contribution in [0.1, 0.15) is 41.5 Å². The van der Waals surface area contributed by atoms with E-state index in [1.165, 1.54) is 0 Å². The molecule has 0 bridgehead atoms. The summed E-state index contributed by atoms with van der Waals surface area (Å²) in [5.41, 5.74) is 1.72. The molecule has 0 heterocycles. The summed E-state index contributed by atoms with van der Waals surface area (Å²) in [6.45, 7) is 12.8. The Labute approximate surface area is 206 Å². The number of nitrogens with zero attached hydrogens (tertiary/aromatic N) is 1. The molecule has 0 aromatic heterocycles. The summed E-state index contributed by atoms with van der Waals surface area (Å²) in [6, 6.07) is 7.52. The zero-order valence-corrected chi connectivity index (χ0v) is 22.3. The van der Waals surface area contributed by atoms with Crippen LogP contribution in [0, 0.1) is 0 Å². The monoisotopic (exact) mass is 523 g/mol. The van der Waals surface area contributed by atoms with Crippen LogP contribution < -0.4 is 10.6 Å². The number of benzene rings is 1. The molecule has 0 radical (unpaired) electrons. The Balaban J connectivity index is 0. The minimum atomic E-state index is 0. The molecule has 0 spiro atoms. The summed E-state index contributed by atoms with van der Waals surface area (Å²) in [7, 11) is 0. The number of nitrogens with one attached hydrogen (secondary N) is 2. The molecule has 27 heavy (non-hydrogen) atoms. The molecule has 0 saturated carbocycles. The van der Waals surface area contributed by atoms with Gasteiger partial charge in [-0.15, -0.1) is 37.9 Å². The van der Waals surface area contributed by atoms with Crippen molar-refractivity contribution in [1.29, 1.82) is 0 Å². The van der Waals surface area contributed by atoms with Gasteiger partial charge in [-0.3, -0.25) is 0 Å².